The van der Waals surface area contributed by atoms with Crippen LogP contribution in [0.15, 0.2) is 41.2 Å². The molecule has 1 saturated carbocycles. The van der Waals surface area contributed by atoms with Crippen molar-refractivity contribution in [2.45, 2.75) is 38.1 Å². The molecule has 35 heavy (non-hydrogen) atoms. The van der Waals surface area contributed by atoms with Gasteiger partial charge in [-0.15, -0.1) is 0 Å². The van der Waals surface area contributed by atoms with Crippen LogP contribution in [-0.4, -0.2) is 59.8 Å². The van der Waals surface area contributed by atoms with Crippen LogP contribution in [0.5, 0.6) is 0 Å². The van der Waals surface area contributed by atoms with E-state index in [-0.39, 0.29) is 10.6 Å². The minimum Gasteiger partial charge on any atom is -0.465 e. The average molecular weight is 499 g/mol. The third kappa shape index (κ3) is 4.65. The summed E-state index contributed by atoms with van der Waals surface area (Å²) in [4.78, 5) is 35.2. The van der Waals surface area contributed by atoms with Gasteiger partial charge in [-0.2, -0.15) is 0 Å². The van der Waals surface area contributed by atoms with E-state index in [1.165, 1.54) is 62.0 Å². The Bertz CT molecular complexity index is 1310. The fourth-order valence-electron chi connectivity index (χ4n) is 5.22. The first-order chi connectivity index (χ1) is 17.0. The van der Waals surface area contributed by atoms with Crippen LogP contribution in [0.25, 0.3) is 16.6 Å². The Hall–Kier alpha value is -2.97. The van der Waals surface area contributed by atoms with E-state index in [0.29, 0.717) is 47.2 Å². The highest BCUT2D eigenvalue weighted by atomic mass is 35.5. The second kappa shape index (κ2) is 9.95. The number of nitrogens with zero attached hydrogens (tertiary/aromatic N) is 4. The Labute approximate surface area is 208 Å². The van der Waals surface area contributed by atoms with Crippen LogP contribution in [0.1, 0.15) is 42.5 Å². The van der Waals surface area contributed by atoms with Crippen LogP contribution in [0.3, 0.4) is 0 Å². The summed E-state index contributed by atoms with van der Waals surface area (Å²) >= 11 is 6.07. The second-order valence-electron chi connectivity index (χ2n) is 9.19. The van der Waals surface area contributed by atoms with Gasteiger partial charge in [0.2, 0.25) is 5.95 Å². The molecular weight excluding hydrogens is 471 g/mol. The van der Waals surface area contributed by atoms with E-state index in [9.17, 15) is 14.0 Å². The SMILES string of the molecule is COC(=O)c1ccc2c(=O)n(-c3ccc(F)c(Cl)c3)c(N3CCN(C4CCCCC4)CC3)nc2c1. The third-order valence-corrected chi connectivity index (χ3v) is 7.41. The third-order valence-electron chi connectivity index (χ3n) is 7.12. The maximum Gasteiger partial charge on any atom is 0.337 e. The summed E-state index contributed by atoms with van der Waals surface area (Å²) < 4.78 is 20.2. The number of aromatic nitrogens is 2. The molecule has 0 N–H and O–H groups in total. The number of carbonyl (C=O) groups excluding carboxylic acids is 1. The summed E-state index contributed by atoms with van der Waals surface area (Å²) in [6, 6.07) is 9.53. The van der Waals surface area contributed by atoms with Crippen LogP contribution in [-0.2, 0) is 4.74 Å². The molecule has 2 heterocycles. The second-order valence-corrected chi connectivity index (χ2v) is 9.60. The molecule has 1 aliphatic heterocycles. The van der Waals surface area contributed by atoms with Crippen molar-refractivity contribution in [3.05, 3.63) is 63.2 Å². The molecule has 0 radical (unpaired) electrons. The predicted molar refractivity (Wildman–Crippen MR) is 134 cm³/mol. The van der Waals surface area contributed by atoms with Gasteiger partial charge in [-0.25, -0.2) is 18.7 Å². The fourth-order valence-corrected chi connectivity index (χ4v) is 5.40. The zero-order chi connectivity index (χ0) is 24.5. The van der Waals surface area contributed by atoms with Crippen molar-refractivity contribution in [1.29, 1.82) is 0 Å². The number of anilines is 1. The number of fused-ring (bicyclic) bond motifs is 1. The lowest BCUT2D eigenvalue weighted by atomic mass is 9.94. The first-order valence-electron chi connectivity index (χ1n) is 12.1. The molecule has 1 aliphatic carbocycles. The molecule has 5 rings (SSSR count). The Morgan fingerprint density at radius 1 is 1.06 bits per heavy atom. The summed E-state index contributed by atoms with van der Waals surface area (Å²) in [6.45, 7) is 3.18. The molecule has 2 fully saturated rings. The molecule has 2 aliphatic rings. The molecule has 0 atom stereocenters. The van der Waals surface area contributed by atoms with Crippen molar-refractivity contribution in [3.8, 4) is 5.69 Å². The van der Waals surface area contributed by atoms with Crippen molar-refractivity contribution >= 4 is 34.4 Å². The maximum atomic E-state index is 13.9. The average Bonchev–Trinajstić information content (AvgIpc) is 2.90. The standard InChI is InChI=1S/C26H28ClFN4O3/c1-35-25(34)17-7-9-20-23(15-17)29-26(32(24(20)33)19-8-10-22(28)21(27)16-19)31-13-11-30(12-14-31)18-5-3-2-4-6-18/h7-10,15-16,18H,2-6,11-14H2,1H3. The largest absolute Gasteiger partial charge is 0.465 e. The normalized spacial score (nSPS) is 17.6. The van der Waals surface area contributed by atoms with Gasteiger partial charge in [0.15, 0.2) is 0 Å². The van der Waals surface area contributed by atoms with Crippen LogP contribution >= 0.6 is 11.6 Å². The number of carbonyl (C=O) groups is 1. The lowest BCUT2D eigenvalue weighted by Crippen LogP contribution is -2.52. The smallest absolute Gasteiger partial charge is 0.337 e. The van der Waals surface area contributed by atoms with Gasteiger partial charge < -0.3 is 9.64 Å². The molecule has 184 valence electrons. The summed E-state index contributed by atoms with van der Waals surface area (Å²) in [5.41, 5.74) is 0.867. The van der Waals surface area contributed by atoms with Gasteiger partial charge >= 0.3 is 5.97 Å². The summed E-state index contributed by atoms with van der Waals surface area (Å²) in [5.74, 6) is -0.594. The minimum atomic E-state index is -0.553. The lowest BCUT2D eigenvalue weighted by molar-refractivity contribution is 0.0601. The van der Waals surface area contributed by atoms with Gasteiger partial charge in [0.05, 0.1) is 34.3 Å². The highest BCUT2D eigenvalue weighted by Gasteiger charge is 2.28. The van der Waals surface area contributed by atoms with Gasteiger partial charge in [-0.3, -0.25) is 9.69 Å². The Kier molecular flexibility index (Phi) is 6.75. The van der Waals surface area contributed by atoms with E-state index < -0.39 is 11.8 Å². The van der Waals surface area contributed by atoms with E-state index in [1.807, 2.05) is 0 Å². The topological polar surface area (TPSA) is 67.7 Å². The number of rotatable bonds is 4. The summed E-state index contributed by atoms with van der Waals surface area (Å²) in [5, 5.41) is 0.284. The van der Waals surface area contributed by atoms with Crippen molar-refractivity contribution in [1.82, 2.24) is 14.5 Å². The number of hydrogen-bond donors (Lipinski definition) is 0. The van der Waals surface area contributed by atoms with E-state index in [4.69, 9.17) is 21.3 Å². The van der Waals surface area contributed by atoms with Crippen LogP contribution in [0.2, 0.25) is 5.02 Å². The zero-order valence-electron chi connectivity index (χ0n) is 19.7. The fraction of sp³-hybridized carbons (Fsp3) is 0.423. The van der Waals surface area contributed by atoms with Gasteiger partial charge in [0, 0.05) is 32.2 Å². The highest BCUT2D eigenvalue weighted by Crippen LogP contribution is 2.27. The molecule has 7 nitrogen and oxygen atoms in total. The molecule has 3 aromatic rings. The molecule has 0 bridgehead atoms. The quantitative estimate of drug-likeness (QED) is 0.496. The van der Waals surface area contributed by atoms with Gasteiger partial charge in [0.25, 0.3) is 5.56 Å². The summed E-state index contributed by atoms with van der Waals surface area (Å²) in [7, 11) is 1.31. The predicted octanol–water partition coefficient (Wildman–Crippen LogP) is 4.42. The van der Waals surface area contributed by atoms with Gasteiger partial charge in [-0.05, 0) is 49.2 Å². The summed E-state index contributed by atoms with van der Waals surface area (Å²) in [6.07, 6.45) is 6.36. The van der Waals surface area contributed by atoms with Crippen LogP contribution in [0, 0.1) is 5.82 Å². The van der Waals surface area contributed by atoms with E-state index in [0.717, 1.165) is 13.1 Å². The molecule has 9 heteroatoms. The van der Waals surface area contributed by atoms with Crippen molar-refractivity contribution in [2.75, 3.05) is 38.2 Å². The van der Waals surface area contributed by atoms with Crippen LogP contribution in [0.4, 0.5) is 10.3 Å². The number of hydrogen-bond acceptors (Lipinski definition) is 6. The molecule has 1 saturated heterocycles. The number of ether oxygens (including phenoxy) is 1. The zero-order valence-corrected chi connectivity index (χ0v) is 20.4. The Balaban J connectivity index is 1.57. The van der Waals surface area contributed by atoms with E-state index in [1.54, 1.807) is 18.2 Å². The highest BCUT2D eigenvalue weighted by molar-refractivity contribution is 6.30. The first kappa shape index (κ1) is 23.8. The first-order valence-corrected chi connectivity index (χ1v) is 12.4. The number of methoxy groups -OCH3 is 1. The number of halogens is 2. The van der Waals surface area contributed by atoms with Crippen molar-refractivity contribution in [2.24, 2.45) is 0 Å². The maximum absolute atomic E-state index is 13.9. The molecular formula is C26H28ClFN4O3. The Morgan fingerprint density at radius 2 is 1.80 bits per heavy atom. The van der Waals surface area contributed by atoms with Crippen molar-refractivity contribution < 1.29 is 13.9 Å². The lowest BCUT2D eigenvalue weighted by Gasteiger charge is -2.41. The minimum absolute atomic E-state index is 0.0661. The molecule has 0 unspecified atom stereocenters. The number of piperazine rings is 1. The van der Waals surface area contributed by atoms with Crippen molar-refractivity contribution in [3.63, 3.8) is 0 Å². The molecule has 1 aromatic heterocycles. The van der Waals surface area contributed by atoms with Crippen LogP contribution < -0.4 is 10.5 Å². The number of benzene rings is 2. The van der Waals surface area contributed by atoms with Gasteiger partial charge in [-0.1, -0.05) is 30.9 Å². The monoisotopic (exact) mass is 498 g/mol. The molecule has 2 aromatic carbocycles. The molecule has 0 amide bonds. The number of esters is 1. The van der Waals surface area contributed by atoms with E-state index in [2.05, 4.69) is 9.80 Å². The van der Waals surface area contributed by atoms with E-state index >= 15 is 0 Å². The van der Waals surface area contributed by atoms with Gasteiger partial charge in [0.1, 0.15) is 5.82 Å². The molecule has 0 spiro atoms. The Morgan fingerprint density at radius 3 is 2.49 bits per heavy atom.